The molecule has 0 radical (unpaired) electrons. The van der Waals surface area contributed by atoms with Crippen molar-refractivity contribution in [1.82, 2.24) is 10.9 Å². The highest BCUT2D eigenvalue weighted by molar-refractivity contribution is 8.03. The summed E-state index contributed by atoms with van der Waals surface area (Å²) in [6, 6.07) is 0. The Balaban J connectivity index is 2.12. The van der Waals surface area contributed by atoms with Gasteiger partial charge in [-0.1, -0.05) is 13.0 Å². The Kier molecular flexibility index (Phi) is 4.28. The lowest BCUT2D eigenvalue weighted by molar-refractivity contribution is 0.515. The zero-order chi connectivity index (χ0) is 14.0. The molecule has 2 rings (SSSR count). The summed E-state index contributed by atoms with van der Waals surface area (Å²) in [4.78, 5) is 0. The molecule has 6 N–H and O–H groups in total. The second-order valence-corrected chi connectivity index (χ2v) is 6.43. The minimum atomic E-state index is -0.188. The van der Waals surface area contributed by atoms with Crippen molar-refractivity contribution in [2.75, 3.05) is 6.54 Å². The van der Waals surface area contributed by atoms with Gasteiger partial charge in [-0.3, -0.25) is 0 Å². The fourth-order valence-corrected chi connectivity index (χ4v) is 3.84. The van der Waals surface area contributed by atoms with Crippen LogP contribution >= 0.6 is 11.8 Å². The molecule has 5 heteroatoms. The molecule has 0 aromatic heterocycles. The van der Waals surface area contributed by atoms with Gasteiger partial charge < -0.3 is 16.9 Å². The van der Waals surface area contributed by atoms with Gasteiger partial charge in [0, 0.05) is 22.9 Å². The van der Waals surface area contributed by atoms with Gasteiger partial charge in [0.1, 0.15) is 5.82 Å². The minimum absolute atomic E-state index is 0.188. The Morgan fingerprint density at radius 2 is 2.37 bits per heavy atom. The Morgan fingerprint density at radius 3 is 2.89 bits per heavy atom. The monoisotopic (exact) mass is 280 g/mol. The van der Waals surface area contributed by atoms with Crippen LogP contribution in [0.15, 0.2) is 34.0 Å². The van der Waals surface area contributed by atoms with E-state index in [1.54, 1.807) is 0 Å². The molecule has 0 saturated carbocycles. The maximum atomic E-state index is 6.34. The van der Waals surface area contributed by atoms with E-state index in [-0.39, 0.29) is 5.54 Å². The van der Waals surface area contributed by atoms with E-state index in [0.29, 0.717) is 5.25 Å². The molecule has 2 aliphatic heterocycles. The third-order valence-electron chi connectivity index (χ3n) is 4.07. The Hall–Kier alpha value is -0.910. The number of hydrazine groups is 1. The van der Waals surface area contributed by atoms with Crippen LogP contribution in [0.25, 0.3) is 0 Å². The summed E-state index contributed by atoms with van der Waals surface area (Å²) in [5.41, 5.74) is 22.0. The number of thioether (sulfide) groups is 1. The van der Waals surface area contributed by atoms with Crippen molar-refractivity contribution in [3.63, 3.8) is 0 Å². The van der Waals surface area contributed by atoms with Gasteiger partial charge >= 0.3 is 0 Å². The topological polar surface area (TPSA) is 76.1 Å². The molecule has 2 unspecified atom stereocenters. The van der Waals surface area contributed by atoms with Gasteiger partial charge in [-0.25, -0.2) is 5.43 Å². The first-order valence-corrected chi connectivity index (χ1v) is 7.71. The van der Waals surface area contributed by atoms with Crippen molar-refractivity contribution in [2.45, 2.75) is 44.4 Å². The molecule has 0 aliphatic carbocycles. The highest BCUT2D eigenvalue weighted by Crippen LogP contribution is 2.41. The third-order valence-corrected chi connectivity index (χ3v) is 5.24. The minimum Gasteiger partial charge on any atom is -0.384 e. The van der Waals surface area contributed by atoms with Gasteiger partial charge in [0.25, 0.3) is 0 Å². The zero-order valence-electron chi connectivity index (χ0n) is 11.9. The van der Waals surface area contributed by atoms with E-state index in [1.807, 2.05) is 11.8 Å². The van der Waals surface area contributed by atoms with E-state index in [4.69, 9.17) is 11.5 Å². The molecule has 0 spiro atoms. The van der Waals surface area contributed by atoms with Crippen LogP contribution in [0.3, 0.4) is 0 Å². The predicted molar refractivity (Wildman–Crippen MR) is 83.1 cm³/mol. The van der Waals surface area contributed by atoms with Crippen LogP contribution in [0.4, 0.5) is 0 Å². The summed E-state index contributed by atoms with van der Waals surface area (Å²) in [7, 11) is 0. The van der Waals surface area contributed by atoms with E-state index in [2.05, 4.69) is 43.1 Å². The van der Waals surface area contributed by atoms with Crippen molar-refractivity contribution < 1.29 is 0 Å². The van der Waals surface area contributed by atoms with E-state index < -0.39 is 0 Å². The standard InChI is InChI=1S/C14H24N4S/c1-4-10(11-7-17-18-13(11)15)12-6-9(8-19-12)14(3,16)5-2/h4,8,12,17-18H,5-7,15-16H2,1-3H3/b10-4+. The average molecular weight is 280 g/mol. The van der Waals surface area contributed by atoms with Gasteiger partial charge in [0.05, 0.1) is 0 Å². The van der Waals surface area contributed by atoms with Crippen LogP contribution in [-0.2, 0) is 0 Å². The smallest absolute Gasteiger partial charge is 0.115 e. The van der Waals surface area contributed by atoms with Crippen molar-refractivity contribution in [1.29, 1.82) is 0 Å². The predicted octanol–water partition coefficient (Wildman–Crippen LogP) is 1.73. The van der Waals surface area contributed by atoms with Gasteiger partial charge in [0.15, 0.2) is 0 Å². The van der Waals surface area contributed by atoms with Crippen LogP contribution in [0, 0.1) is 0 Å². The molecule has 2 heterocycles. The highest BCUT2D eigenvalue weighted by atomic mass is 32.2. The summed E-state index contributed by atoms with van der Waals surface area (Å²) in [6.45, 7) is 7.11. The summed E-state index contributed by atoms with van der Waals surface area (Å²) in [5.74, 6) is 0.744. The maximum absolute atomic E-state index is 6.34. The molecule has 0 aromatic rings. The normalized spacial score (nSPS) is 27.3. The fraction of sp³-hybridized carbons (Fsp3) is 0.571. The Bertz CT molecular complexity index is 448. The van der Waals surface area contributed by atoms with E-state index in [9.17, 15) is 0 Å². The van der Waals surface area contributed by atoms with E-state index in [1.165, 1.54) is 16.7 Å². The maximum Gasteiger partial charge on any atom is 0.115 e. The quantitative estimate of drug-likeness (QED) is 0.631. The molecule has 0 fully saturated rings. The summed E-state index contributed by atoms with van der Waals surface area (Å²) in [5, 5.41) is 2.68. The first kappa shape index (κ1) is 14.5. The van der Waals surface area contributed by atoms with Gasteiger partial charge in [0.2, 0.25) is 0 Å². The largest absolute Gasteiger partial charge is 0.384 e. The molecule has 0 saturated heterocycles. The van der Waals surface area contributed by atoms with E-state index in [0.717, 1.165) is 25.2 Å². The SMILES string of the molecule is C/C=C(\C1=C(N)NNC1)C1CC(C(C)(N)CC)=CS1. The lowest BCUT2D eigenvalue weighted by Crippen LogP contribution is -2.37. The number of rotatable bonds is 4. The number of nitrogens with one attached hydrogen (secondary N) is 2. The fourth-order valence-electron chi connectivity index (χ4n) is 2.45. The van der Waals surface area contributed by atoms with Crippen LogP contribution in [0.5, 0.6) is 0 Å². The first-order valence-electron chi connectivity index (χ1n) is 6.77. The molecule has 0 aromatic carbocycles. The van der Waals surface area contributed by atoms with Crippen LogP contribution in [0.1, 0.15) is 33.6 Å². The van der Waals surface area contributed by atoms with Crippen molar-refractivity contribution in [3.8, 4) is 0 Å². The zero-order valence-corrected chi connectivity index (χ0v) is 12.7. The van der Waals surface area contributed by atoms with Crippen molar-refractivity contribution >= 4 is 11.8 Å². The Labute approximate surface area is 119 Å². The van der Waals surface area contributed by atoms with Crippen LogP contribution in [0.2, 0.25) is 0 Å². The van der Waals surface area contributed by atoms with Gasteiger partial charge in [-0.15, -0.1) is 11.8 Å². The molecular weight excluding hydrogens is 256 g/mol. The molecule has 2 atom stereocenters. The summed E-state index contributed by atoms with van der Waals surface area (Å²) in [6.07, 6.45) is 4.15. The average Bonchev–Trinajstić information content (AvgIpc) is 3.01. The number of hydrogen-bond acceptors (Lipinski definition) is 5. The molecule has 4 nitrogen and oxygen atoms in total. The Morgan fingerprint density at radius 1 is 1.63 bits per heavy atom. The molecular formula is C14H24N4S. The molecule has 106 valence electrons. The number of hydrogen-bond donors (Lipinski definition) is 4. The van der Waals surface area contributed by atoms with E-state index >= 15 is 0 Å². The van der Waals surface area contributed by atoms with Crippen LogP contribution in [-0.4, -0.2) is 17.3 Å². The summed E-state index contributed by atoms with van der Waals surface area (Å²) < 4.78 is 0. The second kappa shape index (κ2) is 5.61. The number of allylic oxidation sites excluding steroid dienone is 1. The molecule has 19 heavy (non-hydrogen) atoms. The molecule has 0 amide bonds. The third kappa shape index (κ3) is 2.83. The first-order chi connectivity index (χ1) is 8.99. The van der Waals surface area contributed by atoms with Gasteiger partial charge in [-0.2, -0.15) is 0 Å². The lowest BCUT2D eigenvalue weighted by atomic mass is 9.86. The summed E-state index contributed by atoms with van der Waals surface area (Å²) >= 11 is 1.86. The molecule has 2 aliphatic rings. The molecule has 0 bridgehead atoms. The van der Waals surface area contributed by atoms with Crippen molar-refractivity contribution in [3.05, 3.63) is 34.0 Å². The number of nitrogens with two attached hydrogens (primary N) is 2. The highest BCUT2D eigenvalue weighted by Gasteiger charge is 2.32. The van der Waals surface area contributed by atoms with Crippen LogP contribution < -0.4 is 22.3 Å². The second-order valence-electron chi connectivity index (χ2n) is 5.36. The van der Waals surface area contributed by atoms with Crippen molar-refractivity contribution in [2.24, 2.45) is 11.5 Å². The lowest BCUT2D eigenvalue weighted by Gasteiger charge is -2.25. The van der Waals surface area contributed by atoms with Gasteiger partial charge in [-0.05, 0) is 43.2 Å².